The number of ketones is 1. The third-order valence-electron chi connectivity index (χ3n) is 2.29. The second-order valence-electron chi connectivity index (χ2n) is 4.57. The van der Waals surface area contributed by atoms with Gasteiger partial charge >= 0.3 is 0 Å². The number of Topliss-reactive ketones (excluding diaryl/α,β-unsaturated/α-hetero) is 1. The van der Waals surface area contributed by atoms with Crippen molar-refractivity contribution in [1.82, 2.24) is 5.32 Å². The van der Waals surface area contributed by atoms with E-state index >= 15 is 0 Å². The molecule has 15 heavy (non-hydrogen) atoms. The van der Waals surface area contributed by atoms with Crippen molar-refractivity contribution in [3.05, 3.63) is 0 Å². The molecule has 3 heteroatoms. The van der Waals surface area contributed by atoms with E-state index in [0.717, 1.165) is 18.6 Å². The Morgan fingerprint density at radius 3 is 2.27 bits per heavy atom. The van der Waals surface area contributed by atoms with Gasteiger partial charge in [0.15, 0.2) is 5.78 Å². The molecule has 1 unspecified atom stereocenters. The lowest BCUT2D eigenvalue weighted by molar-refractivity contribution is -0.124. The van der Waals surface area contributed by atoms with Crippen LogP contribution in [0.3, 0.4) is 0 Å². The Morgan fingerprint density at radius 2 is 1.87 bits per heavy atom. The molecule has 0 amide bonds. The molecule has 0 aromatic carbocycles. The van der Waals surface area contributed by atoms with Crippen molar-refractivity contribution in [3.8, 4) is 0 Å². The number of carbonyl (C=O) groups excluding carboxylic acids is 1. The zero-order valence-electron chi connectivity index (χ0n) is 10.7. The Bertz CT molecular complexity index is 180. The molecular weight excluding hydrogens is 206 g/mol. The Kier molecular flexibility index (Phi) is 8.16. The minimum Gasteiger partial charge on any atom is -0.305 e. The fraction of sp³-hybridized carbons (Fsp3) is 0.917. The minimum atomic E-state index is 0.0529. The van der Waals surface area contributed by atoms with Crippen LogP contribution in [0.5, 0.6) is 0 Å². The van der Waals surface area contributed by atoms with Gasteiger partial charge in [-0.05, 0) is 24.9 Å². The molecular formula is C12H25NOS. The smallest absolute Gasteiger partial charge is 0.152 e. The molecule has 1 N–H and O–H groups in total. The normalized spacial score (nSPS) is 13.5. The molecule has 0 radical (unpaired) electrons. The molecule has 0 bridgehead atoms. The lowest BCUT2D eigenvalue weighted by Crippen LogP contribution is -2.42. The van der Waals surface area contributed by atoms with E-state index in [4.69, 9.17) is 0 Å². The molecule has 0 aromatic rings. The van der Waals surface area contributed by atoms with Crippen LogP contribution in [0.4, 0.5) is 0 Å². The molecule has 0 spiro atoms. The van der Waals surface area contributed by atoms with Gasteiger partial charge in [0.1, 0.15) is 0 Å². The van der Waals surface area contributed by atoms with E-state index in [2.05, 4.69) is 25.4 Å². The third-order valence-corrected chi connectivity index (χ3v) is 2.99. The van der Waals surface area contributed by atoms with Crippen LogP contribution in [-0.2, 0) is 4.79 Å². The molecule has 0 saturated carbocycles. The summed E-state index contributed by atoms with van der Waals surface area (Å²) >= 11 is 1.84. The van der Waals surface area contributed by atoms with Gasteiger partial charge in [0.25, 0.3) is 0 Å². The fourth-order valence-corrected chi connectivity index (χ4v) is 2.00. The Balaban J connectivity index is 4.11. The average molecular weight is 231 g/mol. The van der Waals surface area contributed by atoms with E-state index in [1.165, 1.54) is 0 Å². The summed E-state index contributed by atoms with van der Waals surface area (Å²) in [5.74, 6) is 1.63. The molecule has 0 rings (SSSR count). The summed E-state index contributed by atoms with van der Waals surface area (Å²) < 4.78 is 0. The first-order valence-corrected chi connectivity index (χ1v) is 7.17. The predicted octanol–water partition coefficient (Wildman–Crippen LogP) is 2.72. The maximum atomic E-state index is 11.9. The van der Waals surface area contributed by atoms with Crippen LogP contribution in [0.1, 0.15) is 40.5 Å². The highest BCUT2D eigenvalue weighted by molar-refractivity contribution is 7.98. The molecule has 0 fully saturated rings. The highest BCUT2D eigenvalue weighted by Crippen LogP contribution is 2.09. The van der Waals surface area contributed by atoms with Crippen LogP contribution in [0.25, 0.3) is 0 Å². The average Bonchev–Trinajstić information content (AvgIpc) is 2.14. The van der Waals surface area contributed by atoms with Gasteiger partial charge in [-0.3, -0.25) is 4.79 Å². The van der Waals surface area contributed by atoms with Gasteiger partial charge in [-0.15, -0.1) is 0 Å². The second kappa shape index (κ2) is 8.17. The minimum absolute atomic E-state index is 0.0529. The topological polar surface area (TPSA) is 29.1 Å². The fourth-order valence-electron chi connectivity index (χ4n) is 1.54. The van der Waals surface area contributed by atoms with E-state index in [1.807, 2.05) is 25.6 Å². The molecule has 0 heterocycles. The second-order valence-corrected chi connectivity index (χ2v) is 5.55. The van der Waals surface area contributed by atoms with E-state index in [-0.39, 0.29) is 12.0 Å². The standard InChI is InChI=1S/C12H25NOS/c1-9(2)12(14)11(13-10(3)4)7-6-8-15-5/h9-11,13H,6-8H2,1-5H3. The van der Waals surface area contributed by atoms with Gasteiger partial charge in [0.2, 0.25) is 0 Å². The highest BCUT2D eigenvalue weighted by atomic mass is 32.2. The first-order valence-electron chi connectivity index (χ1n) is 5.77. The van der Waals surface area contributed by atoms with Crippen molar-refractivity contribution in [2.75, 3.05) is 12.0 Å². The van der Waals surface area contributed by atoms with E-state index in [9.17, 15) is 4.79 Å². The van der Waals surface area contributed by atoms with Gasteiger partial charge < -0.3 is 5.32 Å². The monoisotopic (exact) mass is 231 g/mol. The number of nitrogens with one attached hydrogen (secondary N) is 1. The summed E-state index contributed by atoms with van der Waals surface area (Å²) in [6.07, 6.45) is 4.19. The first-order chi connectivity index (χ1) is 6.99. The van der Waals surface area contributed by atoms with E-state index < -0.39 is 0 Å². The summed E-state index contributed by atoms with van der Waals surface area (Å²) in [6.45, 7) is 8.14. The van der Waals surface area contributed by atoms with Crippen molar-refractivity contribution < 1.29 is 4.79 Å². The molecule has 90 valence electrons. The Labute approximate surface area is 98.6 Å². The molecule has 2 nitrogen and oxygen atoms in total. The Morgan fingerprint density at radius 1 is 1.27 bits per heavy atom. The number of thioether (sulfide) groups is 1. The van der Waals surface area contributed by atoms with Crippen LogP contribution in [0.15, 0.2) is 0 Å². The van der Waals surface area contributed by atoms with Gasteiger partial charge in [-0.2, -0.15) is 11.8 Å². The zero-order chi connectivity index (χ0) is 11.8. The van der Waals surface area contributed by atoms with Gasteiger partial charge in [0, 0.05) is 12.0 Å². The summed E-state index contributed by atoms with van der Waals surface area (Å²) in [7, 11) is 0. The summed E-state index contributed by atoms with van der Waals surface area (Å²) in [5, 5.41) is 3.36. The van der Waals surface area contributed by atoms with Crippen LogP contribution < -0.4 is 5.32 Å². The van der Waals surface area contributed by atoms with Crippen LogP contribution in [-0.4, -0.2) is 29.9 Å². The lowest BCUT2D eigenvalue weighted by Gasteiger charge is -2.21. The van der Waals surface area contributed by atoms with Crippen molar-refractivity contribution in [2.45, 2.75) is 52.6 Å². The highest BCUT2D eigenvalue weighted by Gasteiger charge is 2.20. The first kappa shape index (κ1) is 15.0. The van der Waals surface area contributed by atoms with E-state index in [1.54, 1.807) is 0 Å². The van der Waals surface area contributed by atoms with E-state index in [0.29, 0.717) is 11.8 Å². The Hall–Kier alpha value is -0.0200. The number of rotatable bonds is 8. The summed E-state index contributed by atoms with van der Waals surface area (Å²) in [6, 6.07) is 0.434. The van der Waals surface area contributed by atoms with Crippen molar-refractivity contribution in [2.24, 2.45) is 5.92 Å². The van der Waals surface area contributed by atoms with Crippen molar-refractivity contribution >= 4 is 17.5 Å². The van der Waals surface area contributed by atoms with Crippen LogP contribution in [0.2, 0.25) is 0 Å². The summed E-state index contributed by atoms with van der Waals surface area (Å²) in [4.78, 5) is 11.9. The molecule has 0 aromatic heterocycles. The van der Waals surface area contributed by atoms with Crippen molar-refractivity contribution in [1.29, 1.82) is 0 Å². The molecule has 1 atom stereocenters. The molecule has 0 aliphatic heterocycles. The molecule has 0 aliphatic rings. The lowest BCUT2D eigenvalue weighted by atomic mass is 9.97. The zero-order valence-corrected chi connectivity index (χ0v) is 11.5. The number of carbonyl (C=O) groups is 1. The van der Waals surface area contributed by atoms with Crippen molar-refractivity contribution in [3.63, 3.8) is 0 Å². The number of hydrogen-bond donors (Lipinski definition) is 1. The molecule has 0 aliphatic carbocycles. The third kappa shape index (κ3) is 6.96. The molecule has 0 saturated heterocycles. The van der Waals surface area contributed by atoms with Gasteiger partial charge in [-0.1, -0.05) is 27.7 Å². The summed E-state index contributed by atoms with van der Waals surface area (Å²) in [5.41, 5.74) is 0. The van der Waals surface area contributed by atoms with Gasteiger partial charge in [-0.25, -0.2) is 0 Å². The largest absolute Gasteiger partial charge is 0.305 e. The maximum Gasteiger partial charge on any atom is 0.152 e. The quantitative estimate of drug-likeness (QED) is 0.651. The predicted molar refractivity (Wildman–Crippen MR) is 69.5 cm³/mol. The SMILES string of the molecule is CSCCCC(NC(C)C)C(=O)C(C)C. The number of hydrogen-bond acceptors (Lipinski definition) is 3. The maximum absolute atomic E-state index is 11.9. The van der Waals surface area contributed by atoms with Gasteiger partial charge in [0.05, 0.1) is 6.04 Å². The van der Waals surface area contributed by atoms with Crippen LogP contribution in [0, 0.1) is 5.92 Å². The van der Waals surface area contributed by atoms with Crippen LogP contribution >= 0.6 is 11.8 Å².